The van der Waals surface area contributed by atoms with E-state index in [1.54, 1.807) is 7.05 Å². The molecule has 96 valence electrons. The summed E-state index contributed by atoms with van der Waals surface area (Å²) in [5.74, 6) is 0.246. The van der Waals surface area contributed by atoms with Gasteiger partial charge >= 0.3 is 0 Å². The average Bonchev–Trinajstić information content (AvgIpc) is 3.12. The van der Waals surface area contributed by atoms with Crippen LogP contribution in [-0.4, -0.2) is 34.3 Å². The van der Waals surface area contributed by atoms with E-state index >= 15 is 0 Å². The maximum absolute atomic E-state index is 12.1. The van der Waals surface area contributed by atoms with Gasteiger partial charge in [0.25, 0.3) is 11.6 Å². The largest absolute Gasteiger partial charge is 0.383 e. The molecule has 0 spiro atoms. The first-order chi connectivity index (χ1) is 8.49. The molecule has 18 heavy (non-hydrogen) atoms. The lowest BCUT2D eigenvalue weighted by Crippen LogP contribution is -2.29. The van der Waals surface area contributed by atoms with Gasteiger partial charge in [-0.05, 0) is 18.8 Å². The standard InChI is InChI=1S/C11H14N4O3/c1-14(6-7-2-3-7)11(16)9-4-8(15(17)18)5-13-10(9)12/h4-5,7H,2-3,6H2,1H3,(H2,12,13). The molecule has 7 nitrogen and oxygen atoms in total. The lowest BCUT2D eigenvalue weighted by Gasteiger charge is -2.17. The first kappa shape index (κ1) is 12.3. The van der Waals surface area contributed by atoms with Crippen LogP contribution in [0.4, 0.5) is 11.5 Å². The van der Waals surface area contributed by atoms with Gasteiger partial charge in [0.1, 0.15) is 12.0 Å². The molecule has 0 atom stereocenters. The number of aromatic nitrogens is 1. The van der Waals surface area contributed by atoms with Gasteiger partial charge in [0.2, 0.25) is 0 Å². The molecular formula is C11H14N4O3. The topological polar surface area (TPSA) is 102 Å². The van der Waals surface area contributed by atoms with Crippen LogP contribution in [0.1, 0.15) is 23.2 Å². The summed E-state index contributed by atoms with van der Waals surface area (Å²) in [6.07, 6.45) is 3.30. The maximum atomic E-state index is 12.1. The average molecular weight is 250 g/mol. The summed E-state index contributed by atoms with van der Waals surface area (Å²) in [6, 6.07) is 1.17. The summed E-state index contributed by atoms with van der Waals surface area (Å²) in [7, 11) is 1.67. The van der Waals surface area contributed by atoms with E-state index in [2.05, 4.69) is 4.98 Å². The van der Waals surface area contributed by atoms with E-state index < -0.39 is 4.92 Å². The van der Waals surface area contributed by atoms with Gasteiger partial charge in [-0.1, -0.05) is 0 Å². The molecule has 1 amide bonds. The van der Waals surface area contributed by atoms with Crippen LogP contribution in [0, 0.1) is 16.0 Å². The Bertz CT molecular complexity index is 499. The predicted molar refractivity (Wildman–Crippen MR) is 65.0 cm³/mol. The molecule has 7 heteroatoms. The minimum atomic E-state index is -0.593. The zero-order valence-electron chi connectivity index (χ0n) is 10.00. The second-order valence-corrected chi connectivity index (χ2v) is 4.51. The number of nitrogen functional groups attached to an aromatic ring is 1. The Morgan fingerprint density at radius 2 is 2.33 bits per heavy atom. The fourth-order valence-corrected chi connectivity index (χ4v) is 1.71. The summed E-state index contributed by atoms with van der Waals surface area (Å²) in [6.45, 7) is 0.654. The Hall–Kier alpha value is -2.18. The molecular weight excluding hydrogens is 236 g/mol. The summed E-state index contributed by atoms with van der Waals surface area (Å²) >= 11 is 0. The van der Waals surface area contributed by atoms with E-state index in [1.165, 1.54) is 11.0 Å². The molecule has 2 N–H and O–H groups in total. The molecule has 0 aromatic carbocycles. The van der Waals surface area contributed by atoms with Crippen LogP contribution >= 0.6 is 0 Å². The number of hydrogen-bond acceptors (Lipinski definition) is 5. The van der Waals surface area contributed by atoms with Gasteiger partial charge in [-0.2, -0.15) is 0 Å². The third kappa shape index (κ3) is 2.55. The number of nitrogens with two attached hydrogens (primary N) is 1. The molecule has 1 saturated carbocycles. The number of nitro groups is 1. The van der Waals surface area contributed by atoms with Crippen molar-refractivity contribution >= 4 is 17.4 Å². The minimum Gasteiger partial charge on any atom is -0.383 e. The van der Waals surface area contributed by atoms with Gasteiger partial charge in [0.05, 0.1) is 10.5 Å². The summed E-state index contributed by atoms with van der Waals surface area (Å²) in [5, 5.41) is 10.6. The van der Waals surface area contributed by atoms with Crippen LogP contribution in [0.15, 0.2) is 12.3 Å². The highest BCUT2D eigenvalue weighted by Crippen LogP contribution is 2.30. The molecule has 1 aliphatic carbocycles. The first-order valence-electron chi connectivity index (χ1n) is 5.64. The van der Waals surface area contributed by atoms with Gasteiger partial charge in [0.15, 0.2) is 0 Å². The van der Waals surface area contributed by atoms with Gasteiger partial charge in [-0.15, -0.1) is 0 Å². The van der Waals surface area contributed by atoms with Crippen LogP contribution in [-0.2, 0) is 0 Å². The van der Waals surface area contributed by atoms with E-state index in [-0.39, 0.29) is 23.0 Å². The summed E-state index contributed by atoms with van der Waals surface area (Å²) < 4.78 is 0. The van der Waals surface area contributed by atoms with Gasteiger partial charge in [-0.3, -0.25) is 14.9 Å². The fourth-order valence-electron chi connectivity index (χ4n) is 1.71. The molecule has 0 aliphatic heterocycles. The Morgan fingerprint density at radius 3 is 2.89 bits per heavy atom. The van der Waals surface area contributed by atoms with E-state index in [0.29, 0.717) is 12.5 Å². The number of hydrogen-bond donors (Lipinski definition) is 1. The fraction of sp³-hybridized carbons (Fsp3) is 0.455. The van der Waals surface area contributed by atoms with Crippen molar-refractivity contribution in [3.63, 3.8) is 0 Å². The molecule has 1 aromatic heterocycles. The maximum Gasteiger partial charge on any atom is 0.288 e. The molecule has 0 radical (unpaired) electrons. The smallest absolute Gasteiger partial charge is 0.288 e. The third-order valence-electron chi connectivity index (χ3n) is 2.92. The van der Waals surface area contributed by atoms with Crippen molar-refractivity contribution in [2.75, 3.05) is 19.3 Å². The van der Waals surface area contributed by atoms with Crippen molar-refractivity contribution in [2.45, 2.75) is 12.8 Å². The van der Waals surface area contributed by atoms with Crippen molar-refractivity contribution in [2.24, 2.45) is 5.92 Å². The lowest BCUT2D eigenvalue weighted by atomic mass is 10.2. The lowest BCUT2D eigenvalue weighted by molar-refractivity contribution is -0.385. The molecule has 0 unspecified atom stereocenters. The van der Waals surface area contributed by atoms with Crippen LogP contribution in [0.2, 0.25) is 0 Å². The normalized spacial score (nSPS) is 14.3. The quantitative estimate of drug-likeness (QED) is 0.635. The highest BCUT2D eigenvalue weighted by Gasteiger charge is 2.27. The first-order valence-corrected chi connectivity index (χ1v) is 5.64. The van der Waals surface area contributed by atoms with Crippen LogP contribution in [0.5, 0.6) is 0 Å². The number of pyridine rings is 1. The Balaban J connectivity index is 2.22. The van der Waals surface area contributed by atoms with E-state index in [0.717, 1.165) is 19.0 Å². The number of amides is 1. The van der Waals surface area contributed by atoms with Crippen LogP contribution in [0.3, 0.4) is 0 Å². The summed E-state index contributed by atoms with van der Waals surface area (Å²) in [5.41, 5.74) is 5.45. The second-order valence-electron chi connectivity index (χ2n) is 4.51. The van der Waals surface area contributed by atoms with Crippen LogP contribution in [0.25, 0.3) is 0 Å². The zero-order valence-corrected chi connectivity index (χ0v) is 10.00. The van der Waals surface area contributed by atoms with Crippen molar-refractivity contribution < 1.29 is 9.72 Å². The number of nitrogens with zero attached hydrogens (tertiary/aromatic N) is 3. The van der Waals surface area contributed by atoms with Gasteiger partial charge in [-0.25, -0.2) is 4.98 Å². The van der Waals surface area contributed by atoms with Gasteiger partial charge < -0.3 is 10.6 Å². The number of anilines is 1. The molecule has 1 aliphatic rings. The molecule has 1 fully saturated rings. The molecule has 0 saturated heterocycles. The SMILES string of the molecule is CN(CC1CC1)C(=O)c1cc([N+](=O)[O-])cnc1N. The van der Waals surface area contributed by atoms with Crippen molar-refractivity contribution in [1.82, 2.24) is 9.88 Å². The monoisotopic (exact) mass is 250 g/mol. The molecule has 0 bridgehead atoms. The summed E-state index contributed by atoms with van der Waals surface area (Å²) in [4.78, 5) is 27.4. The highest BCUT2D eigenvalue weighted by atomic mass is 16.6. The van der Waals surface area contributed by atoms with E-state index in [4.69, 9.17) is 5.73 Å². The molecule has 1 aromatic rings. The van der Waals surface area contributed by atoms with E-state index in [9.17, 15) is 14.9 Å². The Morgan fingerprint density at radius 1 is 1.67 bits per heavy atom. The van der Waals surface area contributed by atoms with Gasteiger partial charge in [0, 0.05) is 19.7 Å². The van der Waals surface area contributed by atoms with E-state index in [1.807, 2.05) is 0 Å². The third-order valence-corrected chi connectivity index (χ3v) is 2.92. The number of carbonyl (C=O) groups is 1. The Labute approximate surface area is 104 Å². The predicted octanol–water partition coefficient (Wildman–Crippen LogP) is 1.05. The number of rotatable bonds is 4. The zero-order chi connectivity index (χ0) is 13.3. The van der Waals surface area contributed by atoms with Crippen molar-refractivity contribution in [3.8, 4) is 0 Å². The Kier molecular flexibility index (Phi) is 3.14. The minimum absolute atomic E-state index is 0.0215. The van der Waals surface area contributed by atoms with Crippen molar-refractivity contribution in [1.29, 1.82) is 0 Å². The second kappa shape index (κ2) is 4.59. The van der Waals surface area contributed by atoms with Crippen LogP contribution < -0.4 is 5.73 Å². The van der Waals surface area contributed by atoms with Crippen molar-refractivity contribution in [3.05, 3.63) is 27.9 Å². The highest BCUT2D eigenvalue weighted by molar-refractivity contribution is 5.98. The molecule has 1 heterocycles. The number of carbonyl (C=O) groups excluding carboxylic acids is 1. The molecule has 2 rings (SSSR count).